The molecule has 1 aliphatic heterocycles. The predicted molar refractivity (Wildman–Crippen MR) is 112 cm³/mol. The Labute approximate surface area is 173 Å². The number of ether oxygens (including phenoxy) is 2. The van der Waals surface area contributed by atoms with Crippen LogP contribution >= 0.6 is 0 Å². The highest BCUT2D eigenvalue weighted by atomic mass is 16.5. The Morgan fingerprint density at radius 2 is 1.87 bits per heavy atom. The Morgan fingerprint density at radius 1 is 1.13 bits per heavy atom. The molecule has 154 valence electrons. The highest BCUT2D eigenvalue weighted by Gasteiger charge is 2.37. The molecule has 0 spiro atoms. The molecular formula is C22H22N4O4. The second-order valence-electron chi connectivity index (χ2n) is 6.87. The summed E-state index contributed by atoms with van der Waals surface area (Å²) in [6, 6.07) is 16.0. The van der Waals surface area contributed by atoms with Gasteiger partial charge in [0.05, 0.1) is 31.5 Å². The van der Waals surface area contributed by atoms with E-state index in [2.05, 4.69) is 15.7 Å². The van der Waals surface area contributed by atoms with Crippen molar-refractivity contribution in [3.63, 3.8) is 0 Å². The lowest BCUT2D eigenvalue weighted by Crippen LogP contribution is -2.24. The first-order valence-electron chi connectivity index (χ1n) is 9.52. The van der Waals surface area contributed by atoms with Gasteiger partial charge in [0.2, 0.25) is 5.91 Å². The van der Waals surface area contributed by atoms with Crippen LogP contribution in [-0.2, 0) is 20.9 Å². The van der Waals surface area contributed by atoms with Crippen molar-refractivity contribution in [1.29, 1.82) is 0 Å². The minimum Gasteiger partial charge on any atom is -0.495 e. The Morgan fingerprint density at radius 3 is 2.60 bits per heavy atom. The van der Waals surface area contributed by atoms with E-state index in [-0.39, 0.29) is 18.2 Å². The molecule has 3 aromatic rings. The van der Waals surface area contributed by atoms with Crippen LogP contribution in [0.5, 0.6) is 5.75 Å². The molecule has 2 aromatic carbocycles. The summed E-state index contributed by atoms with van der Waals surface area (Å²) >= 11 is 0. The van der Waals surface area contributed by atoms with E-state index < -0.39 is 6.04 Å². The average molecular weight is 406 g/mol. The van der Waals surface area contributed by atoms with Gasteiger partial charge in [-0.25, -0.2) is 4.68 Å². The maximum absolute atomic E-state index is 12.7. The molecular weight excluding hydrogens is 384 g/mol. The number of nitrogens with zero attached hydrogens (tertiary/aromatic N) is 2. The molecule has 1 atom stereocenters. The van der Waals surface area contributed by atoms with Crippen LogP contribution in [0.15, 0.2) is 54.6 Å². The minimum atomic E-state index is -0.747. The largest absolute Gasteiger partial charge is 0.495 e. The molecule has 2 amide bonds. The molecule has 0 saturated carbocycles. The number of hydrogen-bond acceptors (Lipinski definition) is 5. The number of methoxy groups -OCH3 is 2. The van der Waals surface area contributed by atoms with Crippen LogP contribution in [0.1, 0.15) is 18.2 Å². The fourth-order valence-corrected chi connectivity index (χ4v) is 3.59. The minimum absolute atomic E-state index is 0.0563. The first-order valence-corrected chi connectivity index (χ1v) is 9.52. The molecule has 4 rings (SSSR count). The summed E-state index contributed by atoms with van der Waals surface area (Å²) in [6.45, 7) is 0.292. The fourth-order valence-electron chi connectivity index (χ4n) is 3.59. The number of carbonyl (C=O) groups excluding carboxylic acids is 2. The summed E-state index contributed by atoms with van der Waals surface area (Å²) in [5.41, 5.74) is 2.98. The lowest BCUT2D eigenvalue weighted by Gasteiger charge is -2.12. The summed E-state index contributed by atoms with van der Waals surface area (Å²) in [6.07, 6.45) is -0.0563. The third kappa shape index (κ3) is 3.65. The van der Waals surface area contributed by atoms with Gasteiger partial charge in [-0.3, -0.25) is 9.59 Å². The molecule has 30 heavy (non-hydrogen) atoms. The van der Waals surface area contributed by atoms with E-state index in [1.807, 2.05) is 36.4 Å². The van der Waals surface area contributed by atoms with Crippen LogP contribution < -0.4 is 15.4 Å². The monoisotopic (exact) mass is 406 g/mol. The molecule has 8 heteroatoms. The number of fused-ring (bicyclic) bond motifs is 1. The van der Waals surface area contributed by atoms with Gasteiger partial charge in [0.15, 0.2) is 0 Å². The van der Waals surface area contributed by atoms with E-state index >= 15 is 0 Å². The summed E-state index contributed by atoms with van der Waals surface area (Å²) < 4.78 is 12.1. The number of para-hydroxylation sites is 2. The van der Waals surface area contributed by atoms with E-state index in [1.165, 1.54) is 7.11 Å². The molecule has 0 radical (unpaired) electrons. The van der Waals surface area contributed by atoms with Gasteiger partial charge in [0.25, 0.3) is 5.91 Å². The molecule has 1 aliphatic rings. The normalized spacial score (nSPS) is 14.9. The van der Waals surface area contributed by atoms with Crippen molar-refractivity contribution in [2.75, 3.05) is 24.9 Å². The molecule has 2 N–H and O–H groups in total. The van der Waals surface area contributed by atoms with E-state index in [0.29, 0.717) is 29.6 Å². The van der Waals surface area contributed by atoms with Crippen molar-refractivity contribution in [3.05, 3.63) is 60.3 Å². The quantitative estimate of drug-likeness (QED) is 0.628. The van der Waals surface area contributed by atoms with E-state index in [0.717, 1.165) is 11.1 Å². The molecule has 0 saturated heterocycles. The van der Waals surface area contributed by atoms with E-state index in [4.69, 9.17) is 9.47 Å². The van der Waals surface area contributed by atoms with Gasteiger partial charge in [-0.2, -0.15) is 5.10 Å². The highest BCUT2D eigenvalue weighted by Crippen LogP contribution is 2.39. The van der Waals surface area contributed by atoms with Gasteiger partial charge in [-0.15, -0.1) is 0 Å². The SMILES string of the molecule is COCc1nn2c(c1-c1ccccc1)NC(=O)C2CC(=O)Nc1ccccc1OC. The van der Waals surface area contributed by atoms with Crippen molar-refractivity contribution in [3.8, 4) is 16.9 Å². The van der Waals surface area contributed by atoms with Crippen molar-refractivity contribution < 1.29 is 19.1 Å². The fraction of sp³-hybridized carbons (Fsp3) is 0.227. The van der Waals surface area contributed by atoms with Crippen molar-refractivity contribution in [1.82, 2.24) is 9.78 Å². The smallest absolute Gasteiger partial charge is 0.251 e. The average Bonchev–Trinajstić information content (AvgIpc) is 3.24. The van der Waals surface area contributed by atoms with Gasteiger partial charge >= 0.3 is 0 Å². The molecule has 8 nitrogen and oxygen atoms in total. The Bertz CT molecular complexity index is 1080. The number of nitrogens with one attached hydrogen (secondary N) is 2. The number of rotatable bonds is 7. The van der Waals surface area contributed by atoms with E-state index in [9.17, 15) is 9.59 Å². The molecule has 1 unspecified atom stereocenters. The molecule has 0 fully saturated rings. The summed E-state index contributed by atoms with van der Waals surface area (Å²) in [5.74, 6) is 0.551. The van der Waals surface area contributed by atoms with Gasteiger partial charge in [0, 0.05) is 12.7 Å². The topological polar surface area (TPSA) is 94.5 Å². The first kappa shape index (κ1) is 19.7. The zero-order valence-electron chi connectivity index (χ0n) is 16.7. The number of amides is 2. The van der Waals surface area contributed by atoms with Crippen LogP contribution in [0.4, 0.5) is 11.5 Å². The van der Waals surface area contributed by atoms with Crippen LogP contribution in [0.2, 0.25) is 0 Å². The summed E-state index contributed by atoms with van der Waals surface area (Å²) in [5, 5.41) is 10.3. The first-order chi connectivity index (χ1) is 14.6. The number of anilines is 2. The molecule has 0 bridgehead atoms. The molecule has 0 aliphatic carbocycles. The zero-order valence-corrected chi connectivity index (χ0v) is 16.7. The van der Waals surface area contributed by atoms with Gasteiger partial charge < -0.3 is 20.1 Å². The summed E-state index contributed by atoms with van der Waals surface area (Å²) in [7, 11) is 3.13. The molecule has 1 aromatic heterocycles. The molecule has 2 heterocycles. The third-order valence-electron chi connectivity index (χ3n) is 4.93. The number of aromatic nitrogens is 2. The number of hydrogen-bond donors (Lipinski definition) is 2. The van der Waals surface area contributed by atoms with Gasteiger partial charge in [-0.05, 0) is 17.7 Å². The van der Waals surface area contributed by atoms with Crippen molar-refractivity contribution in [2.24, 2.45) is 0 Å². The Hall–Kier alpha value is -3.65. The van der Waals surface area contributed by atoms with Crippen LogP contribution in [-0.4, -0.2) is 35.8 Å². The predicted octanol–water partition coefficient (Wildman–Crippen LogP) is 3.23. The second kappa shape index (κ2) is 8.38. The lowest BCUT2D eigenvalue weighted by molar-refractivity contribution is -0.123. The second-order valence-corrected chi connectivity index (χ2v) is 6.87. The van der Waals surface area contributed by atoms with E-state index in [1.54, 1.807) is 30.0 Å². The van der Waals surface area contributed by atoms with Crippen molar-refractivity contribution >= 4 is 23.3 Å². The maximum atomic E-state index is 12.7. The van der Waals surface area contributed by atoms with Crippen LogP contribution in [0, 0.1) is 0 Å². The highest BCUT2D eigenvalue weighted by molar-refractivity contribution is 6.04. The third-order valence-corrected chi connectivity index (χ3v) is 4.93. The van der Waals surface area contributed by atoms with Gasteiger partial charge in [-0.1, -0.05) is 42.5 Å². The Balaban J connectivity index is 1.62. The summed E-state index contributed by atoms with van der Waals surface area (Å²) in [4.78, 5) is 25.3. The number of benzene rings is 2. The lowest BCUT2D eigenvalue weighted by atomic mass is 10.1. The standard InChI is InChI=1S/C22H22N4O4/c1-29-13-16-20(14-8-4-3-5-9-14)21-24-22(28)17(26(21)25-16)12-19(27)23-15-10-6-7-11-18(15)30-2/h3-11,17H,12-13H2,1-2H3,(H,23,27)(H,24,28). The van der Waals surface area contributed by atoms with Crippen LogP contribution in [0.3, 0.4) is 0 Å². The van der Waals surface area contributed by atoms with Crippen LogP contribution in [0.25, 0.3) is 11.1 Å². The number of carbonyl (C=O) groups is 2. The Kier molecular flexibility index (Phi) is 5.49. The van der Waals surface area contributed by atoms with Gasteiger partial charge in [0.1, 0.15) is 17.6 Å². The maximum Gasteiger partial charge on any atom is 0.251 e. The van der Waals surface area contributed by atoms with Crippen molar-refractivity contribution in [2.45, 2.75) is 19.1 Å². The zero-order chi connectivity index (χ0) is 21.1.